The molecule has 6 nitrogen and oxygen atoms in total. The van der Waals surface area contributed by atoms with Gasteiger partial charge in [-0.05, 0) is 44.7 Å². The van der Waals surface area contributed by atoms with Crippen LogP contribution in [0.2, 0.25) is 5.02 Å². The standard InChI is InChI=1S/C19H24ClN3O3S/c1-12-9-13(2)18(14(3)10-12)27(25,26)23-19(24)17(20)16(11-21-23)22-15-7-5-4-6-8-15/h9-11,15,22H,4-8H2,1-3H3. The predicted molar refractivity (Wildman–Crippen MR) is 107 cm³/mol. The van der Waals surface area contributed by atoms with Crippen molar-refractivity contribution < 1.29 is 8.42 Å². The number of rotatable bonds is 4. The topological polar surface area (TPSA) is 81.1 Å². The van der Waals surface area contributed by atoms with E-state index >= 15 is 0 Å². The summed E-state index contributed by atoms with van der Waals surface area (Å²) in [4.78, 5) is 12.8. The molecule has 1 aromatic carbocycles. The van der Waals surface area contributed by atoms with Gasteiger partial charge in [0.25, 0.3) is 10.0 Å². The molecule has 27 heavy (non-hydrogen) atoms. The highest BCUT2D eigenvalue weighted by molar-refractivity contribution is 7.90. The van der Waals surface area contributed by atoms with Crippen molar-refractivity contribution in [2.24, 2.45) is 0 Å². The van der Waals surface area contributed by atoms with Crippen LogP contribution in [0.25, 0.3) is 0 Å². The molecule has 0 radical (unpaired) electrons. The number of anilines is 1. The van der Waals surface area contributed by atoms with Gasteiger partial charge in [-0.25, -0.2) is 0 Å². The normalized spacial score (nSPS) is 15.7. The van der Waals surface area contributed by atoms with Crippen molar-refractivity contribution in [3.05, 3.63) is 50.4 Å². The number of hydrogen-bond acceptors (Lipinski definition) is 5. The van der Waals surface area contributed by atoms with Crippen LogP contribution in [0.4, 0.5) is 5.69 Å². The van der Waals surface area contributed by atoms with Crippen LogP contribution in [-0.4, -0.2) is 23.6 Å². The van der Waals surface area contributed by atoms with Gasteiger partial charge >= 0.3 is 5.56 Å². The molecule has 1 saturated carbocycles. The van der Waals surface area contributed by atoms with Crippen LogP contribution in [-0.2, 0) is 10.0 Å². The summed E-state index contributed by atoms with van der Waals surface area (Å²) in [6, 6.07) is 3.77. The molecule has 146 valence electrons. The summed E-state index contributed by atoms with van der Waals surface area (Å²) in [7, 11) is -4.14. The Bertz CT molecular complexity index is 1000. The van der Waals surface area contributed by atoms with E-state index in [2.05, 4.69) is 10.4 Å². The molecule has 1 N–H and O–H groups in total. The zero-order valence-corrected chi connectivity index (χ0v) is 17.3. The molecule has 0 unspecified atom stereocenters. The van der Waals surface area contributed by atoms with E-state index in [9.17, 15) is 13.2 Å². The minimum Gasteiger partial charge on any atom is -0.380 e. The SMILES string of the molecule is Cc1cc(C)c(S(=O)(=O)n2ncc(NC3CCCCC3)c(Cl)c2=O)c(C)c1. The summed E-state index contributed by atoms with van der Waals surface area (Å²) in [5.41, 5.74) is 1.65. The highest BCUT2D eigenvalue weighted by Crippen LogP contribution is 2.26. The minimum absolute atomic E-state index is 0.0896. The molecular weight excluding hydrogens is 386 g/mol. The summed E-state index contributed by atoms with van der Waals surface area (Å²) in [5, 5.41) is 7.01. The van der Waals surface area contributed by atoms with Gasteiger partial charge in [-0.1, -0.05) is 48.6 Å². The highest BCUT2D eigenvalue weighted by atomic mass is 35.5. The van der Waals surface area contributed by atoms with Gasteiger partial charge in [0.05, 0.1) is 16.8 Å². The quantitative estimate of drug-likeness (QED) is 0.830. The molecule has 0 saturated heterocycles. The van der Waals surface area contributed by atoms with Crippen molar-refractivity contribution in [3.8, 4) is 0 Å². The van der Waals surface area contributed by atoms with E-state index in [0.29, 0.717) is 20.9 Å². The average Bonchev–Trinajstić information content (AvgIpc) is 2.58. The number of nitrogens with one attached hydrogen (secondary N) is 1. The Labute approximate surface area is 164 Å². The smallest absolute Gasteiger partial charge is 0.302 e. The predicted octanol–water partition coefficient (Wildman–Crippen LogP) is 3.80. The third kappa shape index (κ3) is 3.89. The lowest BCUT2D eigenvalue weighted by atomic mass is 9.95. The van der Waals surface area contributed by atoms with Gasteiger partial charge in [-0.2, -0.15) is 13.5 Å². The maximum Gasteiger partial charge on any atom is 0.302 e. The maximum atomic E-state index is 13.1. The van der Waals surface area contributed by atoms with Crippen LogP contribution >= 0.6 is 11.6 Å². The second-order valence-electron chi connectivity index (χ2n) is 7.23. The average molecular weight is 410 g/mol. The highest BCUT2D eigenvalue weighted by Gasteiger charge is 2.26. The van der Waals surface area contributed by atoms with Gasteiger partial charge < -0.3 is 5.32 Å². The van der Waals surface area contributed by atoms with Crippen LogP contribution in [0.1, 0.15) is 48.8 Å². The van der Waals surface area contributed by atoms with Gasteiger partial charge in [-0.15, -0.1) is 4.09 Å². The van der Waals surface area contributed by atoms with Crippen LogP contribution in [0.15, 0.2) is 28.0 Å². The molecule has 1 aliphatic carbocycles. The molecule has 0 aliphatic heterocycles. The van der Waals surface area contributed by atoms with E-state index in [0.717, 1.165) is 31.2 Å². The van der Waals surface area contributed by atoms with Crippen LogP contribution in [0, 0.1) is 20.8 Å². The summed E-state index contributed by atoms with van der Waals surface area (Å²) in [5.74, 6) is 0. The number of hydrogen-bond donors (Lipinski definition) is 1. The number of aromatic nitrogens is 2. The lowest BCUT2D eigenvalue weighted by Gasteiger charge is -2.24. The van der Waals surface area contributed by atoms with E-state index in [1.807, 2.05) is 6.92 Å². The third-order valence-corrected chi connectivity index (χ3v) is 7.19. The molecule has 1 heterocycles. The Kier molecular flexibility index (Phi) is 5.63. The number of nitrogens with zero attached hydrogens (tertiary/aromatic N) is 2. The molecular formula is C19H24ClN3O3S. The molecule has 0 spiro atoms. The van der Waals surface area contributed by atoms with Gasteiger partial charge in [0.2, 0.25) is 0 Å². The van der Waals surface area contributed by atoms with E-state index in [1.54, 1.807) is 26.0 Å². The fraction of sp³-hybridized carbons (Fsp3) is 0.474. The number of halogens is 1. The first-order valence-electron chi connectivity index (χ1n) is 9.09. The van der Waals surface area contributed by atoms with Crippen LogP contribution in [0.3, 0.4) is 0 Å². The first-order valence-corrected chi connectivity index (χ1v) is 10.9. The zero-order chi connectivity index (χ0) is 19.8. The van der Waals surface area contributed by atoms with Crippen molar-refractivity contribution >= 4 is 27.3 Å². The maximum absolute atomic E-state index is 13.1. The van der Waals surface area contributed by atoms with Gasteiger partial charge in [0.1, 0.15) is 5.02 Å². The zero-order valence-electron chi connectivity index (χ0n) is 15.8. The van der Waals surface area contributed by atoms with E-state index in [1.165, 1.54) is 12.6 Å². The summed E-state index contributed by atoms with van der Waals surface area (Å²) in [6.07, 6.45) is 6.78. The van der Waals surface area contributed by atoms with Crippen molar-refractivity contribution in [1.29, 1.82) is 0 Å². The van der Waals surface area contributed by atoms with Crippen molar-refractivity contribution in [1.82, 2.24) is 9.19 Å². The fourth-order valence-corrected chi connectivity index (χ4v) is 5.64. The molecule has 0 atom stereocenters. The second kappa shape index (κ2) is 7.64. The Balaban J connectivity index is 2.02. The molecule has 1 aliphatic rings. The molecule has 2 aromatic rings. The molecule has 8 heteroatoms. The molecule has 0 amide bonds. The monoisotopic (exact) mass is 409 g/mol. The van der Waals surface area contributed by atoms with E-state index < -0.39 is 15.6 Å². The second-order valence-corrected chi connectivity index (χ2v) is 9.31. The van der Waals surface area contributed by atoms with Crippen molar-refractivity contribution in [2.75, 3.05) is 5.32 Å². The minimum atomic E-state index is -4.14. The summed E-state index contributed by atoms with van der Waals surface area (Å²) >= 11 is 6.22. The molecule has 3 rings (SSSR count). The molecule has 1 aromatic heterocycles. The van der Waals surface area contributed by atoms with Crippen LogP contribution < -0.4 is 10.9 Å². The van der Waals surface area contributed by atoms with Gasteiger partial charge in [0, 0.05) is 6.04 Å². The molecule has 1 fully saturated rings. The first kappa shape index (κ1) is 19.9. The van der Waals surface area contributed by atoms with Crippen molar-refractivity contribution in [2.45, 2.75) is 63.8 Å². The fourth-order valence-electron chi connectivity index (χ4n) is 3.82. The summed E-state index contributed by atoms with van der Waals surface area (Å²) < 4.78 is 26.7. The number of aryl methyl sites for hydroxylation is 3. The Morgan fingerprint density at radius 2 is 1.70 bits per heavy atom. The molecule has 0 bridgehead atoms. The van der Waals surface area contributed by atoms with Crippen molar-refractivity contribution in [3.63, 3.8) is 0 Å². The lowest BCUT2D eigenvalue weighted by molar-refractivity contribution is 0.462. The number of benzene rings is 1. The van der Waals surface area contributed by atoms with Gasteiger partial charge in [0.15, 0.2) is 0 Å². The Morgan fingerprint density at radius 3 is 2.30 bits per heavy atom. The van der Waals surface area contributed by atoms with Crippen LogP contribution in [0.5, 0.6) is 0 Å². The third-order valence-electron chi connectivity index (χ3n) is 4.94. The van der Waals surface area contributed by atoms with Gasteiger partial charge in [-0.3, -0.25) is 4.79 Å². The largest absolute Gasteiger partial charge is 0.380 e. The first-order chi connectivity index (χ1) is 12.7. The Hall–Kier alpha value is -1.86. The van der Waals surface area contributed by atoms with E-state index in [4.69, 9.17) is 11.6 Å². The summed E-state index contributed by atoms with van der Waals surface area (Å²) in [6.45, 7) is 5.31. The lowest BCUT2D eigenvalue weighted by Crippen LogP contribution is -2.32. The van der Waals surface area contributed by atoms with E-state index in [-0.39, 0.29) is 16.0 Å². The Morgan fingerprint density at radius 1 is 1.11 bits per heavy atom.